The Balaban J connectivity index is 1.93. The van der Waals surface area contributed by atoms with Crippen LogP contribution >= 0.6 is 0 Å². The monoisotopic (exact) mass is 243 g/mol. The molecule has 2 aliphatic carbocycles. The van der Waals surface area contributed by atoms with E-state index in [4.69, 9.17) is 0 Å². The van der Waals surface area contributed by atoms with E-state index in [2.05, 4.69) is 11.4 Å². The quantitative estimate of drug-likeness (QED) is 0.734. The Morgan fingerprint density at radius 2 is 2.17 bits per heavy atom. The van der Waals surface area contributed by atoms with Crippen molar-refractivity contribution in [2.24, 2.45) is 5.92 Å². The van der Waals surface area contributed by atoms with Crippen molar-refractivity contribution in [1.29, 1.82) is 0 Å². The van der Waals surface area contributed by atoms with Gasteiger partial charge in [-0.25, -0.2) is 0 Å². The third kappa shape index (κ3) is 1.27. The molecule has 2 heteroatoms. The molecule has 1 heterocycles. The minimum Gasteiger partial charge on any atom is -0.508 e. The molecule has 2 nitrogen and oxygen atoms in total. The lowest BCUT2D eigenvalue weighted by Gasteiger charge is -2.56. The molecular formula is C16H21NO. The summed E-state index contributed by atoms with van der Waals surface area (Å²) in [5.41, 5.74) is 3.08. The molecule has 1 aliphatic heterocycles. The maximum Gasteiger partial charge on any atom is 0.119 e. The van der Waals surface area contributed by atoms with Crippen LogP contribution in [-0.2, 0) is 11.8 Å². The van der Waals surface area contributed by atoms with E-state index in [9.17, 15) is 5.11 Å². The standard InChI is InChI=1S/C16H21NO/c18-15-6-3-5-12-11(15)10-14-13-4-1-2-7-16(12,13)8-9-17-14/h3,5-6,13-14,17-18H,1-2,4,7-10H2. The van der Waals surface area contributed by atoms with Gasteiger partial charge in [0.1, 0.15) is 5.75 Å². The van der Waals surface area contributed by atoms with Gasteiger partial charge in [-0.2, -0.15) is 0 Å². The predicted molar refractivity (Wildman–Crippen MR) is 71.9 cm³/mol. The van der Waals surface area contributed by atoms with Crippen molar-refractivity contribution in [3.05, 3.63) is 29.3 Å². The minimum absolute atomic E-state index is 0.375. The van der Waals surface area contributed by atoms with Crippen LogP contribution in [0.5, 0.6) is 5.75 Å². The molecule has 0 aromatic heterocycles. The number of benzene rings is 1. The average molecular weight is 243 g/mol. The topological polar surface area (TPSA) is 32.3 Å². The second kappa shape index (κ2) is 3.74. The van der Waals surface area contributed by atoms with Crippen molar-refractivity contribution in [2.45, 2.75) is 50.0 Å². The molecule has 2 fully saturated rings. The lowest BCUT2D eigenvalue weighted by molar-refractivity contribution is 0.0789. The number of fused-ring (bicyclic) bond motifs is 1. The molecule has 3 atom stereocenters. The van der Waals surface area contributed by atoms with Crippen LogP contribution in [-0.4, -0.2) is 17.7 Å². The summed E-state index contributed by atoms with van der Waals surface area (Å²) >= 11 is 0. The Morgan fingerprint density at radius 1 is 1.22 bits per heavy atom. The minimum atomic E-state index is 0.375. The fraction of sp³-hybridized carbons (Fsp3) is 0.625. The number of aromatic hydroxyl groups is 1. The molecule has 96 valence electrons. The molecule has 1 aromatic carbocycles. The average Bonchev–Trinajstić information content (AvgIpc) is 2.40. The maximum atomic E-state index is 10.2. The van der Waals surface area contributed by atoms with Crippen molar-refractivity contribution >= 4 is 0 Å². The van der Waals surface area contributed by atoms with Gasteiger partial charge in [-0.15, -0.1) is 0 Å². The number of nitrogens with one attached hydrogen (secondary N) is 1. The third-order valence-corrected chi connectivity index (χ3v) is 5.67. The number of rotatable bonds is 0. The third-order valence-electron chi connectivity index (χ3n) is 5.67. The van der Waals surface area contributed by atoms with Crippen LogP contribution in [0.15, 0.2) is 18.2 Å². The van der Waals surface area contributed by atoms with Gasteiger partial charge < -0.3 is 10.4 Å². The van der Waals surface area contributed by atoms with Crippen molar-refractivity contribution in [3.8, 4) is 5.75 Å². The number of phenols is 1. The van der Waals surface area contributed by atoms with E-state index in [0.29, 0.717) is 17.2 Å². The van der Waals surface area contributed by atoms with Crippen LogP contribution in [0.25, 0.3) is 0 Å². The number of hydrogen-bond donors (Lipinski definition) is 2. The van der Waals surface area contributed by atoms with E-state index in [-0.39, 0.29) is 0 Å². The zero-order valence-electron chi connectivity index (χ0n) is 10.8. The zero-order chi connectivity index (χ0) is 12.2. The molecule has 3 unspecified atom stereocenters. The Morgan fingerprint density at radius 3 is 3.11 bits per heavy atom. The molecule has 1 saturated carbocycles. The van der Waals surface area contributed by atoms with Crippen molar-refractivity contribution < 1.29 is 5.11 Å². The molecule has 0 spiro atoms. The van der Waals surface area contributed by atoms with Crippen LogP contribution in [0, 0.1) is 5.92 Å². The molecule has 2 N–H and O–H groups in total. The number of piperidine rings is 1. The predicted octanol–water partition coefficient (Wildman–Crippen LogP) is 2.74. The lowest BCUT2D eigenvalue weighted by atomic mass is 9.53. The summed E-state index contributed by atoms with van der Waals surface area (Å²) in [4.78, 5) is 0. The molecule has 4 rings (SSSR count). The second-order valence-corrected chi connectivity index (χ2v) is 6.33. The Bertz CT molecular complexity index is 480. The Labute approximate surface area is 108 Å². The van der Waals surface area contributed by atoms with E-state index >= 15 is 0 Å². The first-order chi connectivity index (χ1) is 8.81. The normalized spacial score (nSPS) is 37.8. The van der Waals surface area contributed by atoms with Gasteiger partial charge in [-0.3, -0.25) is 0 Å². The van der Waals surface area contributed by atoms with Crippen LogP contribution in [0.1, 0.15) is 43.2 Å². The van der Waals surface area contributed by atoms with Gasteiger partial charge in [0.15, 0.2) is 0 Å². The van der Waals surface area contributed by atoms with Crippen molar-refractivity contribution in [2.75, 3.05) is 6.54 Å². The van der Waals surface area contributed by atoms with E-state index in [1.807, 2.05) is 12.1 Å². The van der Waals surface area contributed by atoms with Crippen molar-refractivity contribution in [1.82, 2.24) is 5.32 Å². The summed E-state index contributed by atoms with van der Waals surface area (Å²) in [6.45, 7) is 1.15. The summed E-state index contributed by atoms with van der Waals surface area (Å²) < 4.78 is 0. The highest BCUT2D eigenvalue weighted by atomic mass is 16.3. The Hall–Kier alpha value is -1.02. The molecule has 1 saturated heterocycles. The van der Waals surface area contributed by atoms with Gasteiger partial charge in [0, 0.05) is 11.5 Å². The fourth-order valence-corrected chi connectivity index (χ4v) is 4.95. The van der Waals surface area contributed by atoms with E-state index in [1.165, 1.54) is 43.2 Å². The fourth-order valence-electron chi connectivity index (χ4n) is 4.95. The van der Waals surface area contributed by atoms with Gasteiger partial charge in [-0.1, -0.05) is 25.0 Å². The molecular weight excluding hydrogens is 222 g/mol. The summed E-state index contributed by atoms with van der Waals surface area (Å²) in [6.07, 6.45) is 7.72. The van der Waals surface area contributed by atoms with Crippen LogP contribution in [0.2, 0.25) is 0 Å². The second-order valence-electron chi connectivity index (χ2n) is 6.33. The summed E-state index contributed by atoms with van der Waals surface area (Å²) in [5.74, 6) is 1.32. The first-order valence-electron chi connectivity index (χ1n) is 7.36. The SMILES string of the molecule is Oc1cccc2c1CC1NCCC23CCCCC13. The van der Waals surface area contributed by atoms with Crippen LogP contribution in [0.4, 0.5) is 0 Å². The van der Waals surface area contributed by atoms with Crippen molar-refractivity contribution in [3.63, 3.8) is 0 Å². The summed E-state index contributed by atoms with van der Waals surface area (Å²) in [7, 11) is 0. The molecule has 0 radical (unpaired) electrons. The highest BCUT2D eigenvalue weighted by Gasteiger charge is 2.51. The maximum absolute atomic E-state index is 10.2. The highest BCUT2D eigenvalue weighted by molar-refractivity contribution is 5.48. The van der Waals surface area contributed by atoms with Crippen LogP contribution < -0.4 is 5.32 Å². The molecule has 3 aliphatic rings. The number of hydrogen-bond acceptors (Lipinski definition) is 2. The van der Waals surface area contributed by atoms with Gasteiger partial charge in [-0.05, 0) is 55.3 Å². The smallest absolute Gasteiger partial charge is 0.119 e. The lowest BCUT2D eigenvalue weighted by Crippen LogP contribution is -2.59. The summed E-state index contributed by atoms with van der Waals surface area (Å²) in [5, 5.41) is 13.9. The highest BCUT2D eigenvalue weighted by Crippen LogP contribution is 2.54. The molecule has 2 bridgehead atoms. The first kappa shape index (κ1) is 10.9. The first-order valence-corrected chi connectivity index (χ1v) is 7.36. The van der Waals surface area contributed by atoms with Gasteiger partial charge >= 0.3 is 0 Å². The molecule has 0 amide bonds. The largest absolute Gasteiger partial charge is 0.508 e. The summed E-state index contributed by atoms with van der Waals surface area (Å²) in [6, 6.07) is 6.78. The Kier molecular flexibility index (Phi) is 2.25. The van der Waals surface area contributed by atoms with Gasteiger partial charge in [0.25, 0.3) is 0 Å². The number of phenolic OH excluding ortho intramolecular Hbond substituents is 1. The zero-order valence-corrected chi connectivity index (χ0v) is 10.8. The molecule has 1 aromatic rings. The van der Waals surface area contributed by atoms with Crippen LogP contribution in [0.3, 0.4) is 0 Å². The van der Waals surface area contributed by atoms with E-state index in [0.717, 1.165) is 18.9 Å². The van der Waals surface area contributed by atoms with Gasteiger partial charge in [0.05, 0.1) is 0 Å². The molecule has 18 heavy (non-hydrogen) atoms. The van der Waals surface area contributed by atoms with Gasteiger partial charge in [0.2, 0.25) is 0 Å². The van der Waals surface area contributed by atoms with E-state index < -0.39 is 0 Å². The van der Waals surface area contributed by atoms with E-state index in [1.54, 1.807) is 0 Å².